The van der Waals surface area contributed by atoms with E-state index in [1.54, 1.807) is 16.4 Å². The monoisotopic (exact) mass is 485 g/mol. The Morgan fingerprint density at radius 2 is 1.73 bits per heavy atom. The molecule has 2 heterocycles. The Balaban J connectivity index is 1.64. The normalized spacial score (nSPS) is 20.5. The van der Waals surface area contributed by atoms with Crippen LogP contribution < -0.4 is 4.80 Å². The van der Waals surface area contributed by atoms with Crippen LogP contribution in [0.25, 0.3) is 10.2 Å². The maximum Gasteiger partial charge on any atom is 0.279 e. The van der Waals surface area contributed by atoms with Crippen LogP contribution in [0, 0.1) is 25.7 Å². The molecule has 0 spiro atoms. The molecule has 2 aromatic carbocycles. The predicted octanol–water partition coefficient (Wildman–Crippen LogP) is 4.75. The summed E-state index contributed by atoms with van der Waals surface area (Å²) >= 11 is 1.50. The molecular weight excluding hydrogens is 454 g/mol. The number of carbonyl (C=O) groups is 1. The molecule has 1 saturated heterocycles. The van der Waals surface area contributed by atoms with Gasteiger partial charge in [-0.15, -0.1) is 0 Å². The van der Waals surface area contributed by atoms with E-state index in [9.17, 15) is 13.2 Å². The zero-order valence-corrected chi connectivity index (χ0v) is 21.5. The number of nitrogens with zero attached hydrogens (tertiary/aromatic N) is 3. The summed E-state index contributed by atoms with van der Waals surface area (Å²) in [7, 11) is -3.58. The third kappa shape index (κ3) is 4.69. The number of thiazole rings is 1. The Bertz CT molecular complexity index is 1360. The molecule has 33 heavy (non-hydrogen) atoms. The fraction of sp³-hybridized carbons (Fsp3) is 0.440. The molecule has 2 unspecified atom stereocenters. The van der Waals surface area contributed by atoms with E-state index < -0.39 is 10.0 Å². The van der Waals surface area contributed by atoms with Crippen molar-refractivity contribution < 1.29 is 13.2 Å². The largest absolute Gasteiger partial charge is 0.316 e. The van der Waals surface area contributed by atoms with Gasteiger partial charge >= 0.3 is 0 Å². The van der Waals surface area contributed by atoms with Crippen LogP contribution in [0.5, 0.6) is 0 Å². The third-order valence-electron chi connectivity index (χ3n) is 6.20. The second kappa shape index (κ2) is 9.16. The van der Waals surface area contributed by atoms with E-state index in [2.05, 4.69) is 49.4 Å². The number of fused-ring (bicyclic) bond motifs is 1. The number of aromatic nitrogens is 1. The van der Waals surface area contributed by atoms with Gasteiger partial charge in [-0.1, -0.05) is 31.3 Å². The average Bonchev–Trinajstić information content (AvgIpc) is 3.10. The van der Waals surface area contributed by atoms with Gasteiger partial charge in [0.15, 0.2) is 4.80 Å². The van der Waals surface area contributed by atoms with Crippen molar-refractivity contribution in [3.63, 3.8) is 0 Å². The van der Waals surface area contributed by atoms with Crippen molar-refractivity contribution >= 4 is 37.5 Å². The van der Waals surface area contributed by atoms with Crippen LogP contribution in [0.2, 0.25) is 0 Å². The molecule has 1 aromatic heterocycles. The van der Waals surface area contributed by atoms with Crippen LogP contribution in [-0.4, -0.2) is 36.3 Å². The van der Waals surface area contributed by atoms with Gasteiger partial charge in [0.05, 0.1) is 15.1 Å². The van der Waals surface area contributed by atoms with Crippen molar-refractivity contribution in [1.29, 1.82) is 0 Å². The van der Waals surface area contributed by atoms with Gasteiger partial charge in [-0.2, -0.15) is 9.30 Å². The van der Waals surface area contributed by atoms with Crippen LogP contribution in [0.1, 0.15) is 48.7 Å². The van der Waals surface area contributed by atoms with E-state index in [-0.39, 0.29) is 10.8 Å². The van der Waals surface area contributed by atoms with Crippen LogP contribution in [0.15, 0.2) is 46.3 Å². The summed E-state index contributed by atoms with van der Waals surface area (Å²) in [4.78, 5) is 18.2. The van der Waals surface area contributed by atoms with Gasteiger partial charge in [0.25, 0.3) is 5.91 Å². The quantitative estimate of drug-likeness (QED) is 0.536. The van der Waals surface area contributed by atoms with Crippen molar-refractivity contribution in [3.8, 4) is 0 Å². The molecule has 3 aromatic rings. The van der Waals surface area contributed by atoms with E-state index >= 15 is 0 Å². The number of hydrogen-bond acceptors (Lipinski definition) is 4. The Hall–Kier alpha value is -2.29. The van der Waals surface area contributed by atoms with Crippen LogP contribution in [0.3, 0.4) is 0 Å². The van der Waals surface area contributed by atoms with E-state index in [1.807, 2.05) is 6.92 Å². The second-order valence-electron chi connectivity index (χ2n) is 9.27. The Morgan fingerprint density at radius 3 is 2.33 bits per heavy atom. The summed E-state index contributed by atoms with van der Waals surface area (Å²) in [6.45, 7) is 12.1. The number of carbonyl (C=O) groups excluding carboxylic acids is 1. The molecule has 8 heteroatoms. The molecule has 4 rings (SSSR count). The molecule has 0 N–H and O–H groups in total. The summed E-state index contributed by atoms with van der Waals surface area (Å²) in [5.41, 5.74) is 3.82. The lowest BCUT2D eigenvalue weighted by Gasteiger charge is -2.34. The zero-order chi connectivity index (χ0) is 23.9. The summed E-state index contributed by atoms with van der Waals surface area (Å²) in [5.74, 6) is 0.298. The Morgan fingerprint density at radius 1 is 1.09 bits per heavy atom. The maximum absolute atomic E-state index is 13.1. The second-order valence-corrected chi connectivity index (χ2v) is 12.2. The Kier molecular flexibility index (Phi) is 6.62. The van der Waals surface area contributed by atoms with Crippen LogP contribution in [0.4, 0.5) is 0 Å². The van der Waals surface area contributed by atoms with E-state index in [1.165, 1.54) is 29.0 Å². The first-order valence-corrected chi connectivity index (χ1v) is 13.7. The standard InChI is InChI=1S/C25H31N3O3S2/c1-6-28-23-19(5)12-16(2)13-22(23)32-25(28)26-24(29)20-7-9-21(10-8-20)33(30,31)27-14-17(3)11-18(4)15-27/h7-10,12-13,17-18H,6,11,14-15H2,1-5H3. The van der Waals surface area contributed by atoms with Gasteiger partial charge in [0, 0.05) is 25.2 Å². The van der Waals surface area contributed by atoms with Crippen molar-refractivity contribution in [2.24, 2.45) is 16.8 Å². The summed E-state index contributed by atoms with van der Waals surface area (Å²) in [6.07, 6.45) is 1.04. The van der Waals surface area contributed by atoms with Crippen molar-refractivity contribution in [3.05, 3.63) is 57.9 Å². The minimum atomic E-state index is -3.58. The fourth-order valence-electron chi connectivity index (χ4n) is 4.84. The SMILES string of the molecule is CCn1c(=NC(=O)c2ccc(S(=O)(=O)N3CC(C)CC(C)C3)cc2)sc2cc(C)cc(C)c21. The smallest absolute Gasteiger partial charge is 0.279 e. The number of rotatable bonds is 4. The molecule has 0 aliphatic carbocycles. The molecule has 1 aliphatic heterocycles. The number of piperidine rings is 1. The van der Waals surface area contributed by atoms with E-state index in [0.717, 1.165) is 22.2 Å². The summed E-state index contributed by atoms with van der Waals surface area (Å²) in [5, 5.41) is 0. The highest BCUT2D eigenvalue weighted by Crippen LogP contribution is 2.27. The first-order valence-electron chi connectivity index (χ1n) is 11.4. The highest BCUT2D eigenvalue weighted by atomic mass is 32.2. The third-order valence-corrected chi connectivity index (χ3v) is 9.07. The highest BCUT2D eigenvalue weighted by molar-refractivity contribution is 7.89. The van der Waals surface area contributed by atoms with Crippen molar-refractivity contribution in [2.75, 3.05) is 13.1 Å². The molecule has 1 fully saturated rings. The van der Waals surface area contributed by atoms with Gasteiger partial charge in [-0.05, 0) is 80.5 Å². The topological polar surface area (TPSA) is 71.7 Å². The van der Waals surface area contributed by atoms with Crippen LogP contribution in [-0.2, 0) is 16.6 Å². The first-order chi connectivity index (χ1) is 15.6. The molecular formula is C25H31N3O3S2. The van der Waals surface area contributed by atoms with Gasteiger partial charge in [0.1, 0.15) is 0 Å². The van der Waals surface area contributed by atoms with Gasteiger partial charge in [0.2, 0.25) is 10.0 Å². The van der Waals surface area contributed by atoms with Crippen LogP contribution >= 0.6 is 11.3 Å². The molecule has 2 atom stereocenters. The highest BCUT2D eigenvalue weighted by Gasteiger charge is 2.31. The fourth-order valence-corrected chi connectivity index (χ4v) is 7.79. The molecule has 0 radical (unpaired) electrons. The Labute approximate surface area is 199 Å². The molecule has 1 aliphatic rings. The molecule has 0 bridgehead atoms. The van der Waals surface area contributed by atoms with Crippen molar-refractivity contribution in [2.45, 2.75) is 52.5 Å². The first kappa shape index (κ1) is 23.9. The number of hydrogen-bond donors (Lipinski definition) is 0. The maximum atomic E-state index is 13.1. The van der Waals surface area contributed by atoms with Gasteiger partial charge in [-0.3, -0.25) is 4.79 Å². The number of benzene rings is 2. The molecule has 1 amide bonds. The number of amides is 1. The van der Waals surface area contributed by atoms with E-state index in [0.29, 0.717) is 41.8 Å². The lowest BCUT2D eigenvalue weighted by atomic mass is 9.94. The average molecular weight is 486 g/mol. The zero-order valence-electron chi connectivity index (χ0n) is 19.8. The van der Waals surface area contributed by atoms with Gasteiger partial charge in [-0.25, -0.2) is 8.42 Å². The minimum Gasteiger partial charge on any atom is -0.316 e. The number of aryl methyl sites for hydroxylation is 3. The predicted molar refractivity (Wildman–Crippen MR) is 133 cm³/mol. The summed E-state index contributed by atoms with van der Waals surface area (Å²) in [6, 6.07) is 10.4. The van der Waals surface area contributed by atoms with E-state index in [4.69, 9.17) is 0 Å². The minimum absolute atomic E-state index is 0.219. The molecule has 176 valence electrons. The lowest BCUT2D eigenvalue weighted by Crippen LogP contribution is -2.42. The summed E-state index contributed by atoms with van der Waals surface area (Å²) < 4.78 is 30.9. The molecule has 6 nitrogen and oxygen atoms in total. The molecule has 0 saturated carbocycles. The van der Waals surface area contributed by atoms with Gasteiger partial charge < -0.3 is 4.57 Å². The van der Waals surface area contributed by atoms with Crippen molar-refractivity contribution in [1.82, 2.24) is 8.87 Å². The lowest BCUT2D eigenvalue weighted by molar-refractivity contribution is 0.0997. The number of sulfonamides is 1.